The van der Waals surface area contributed by atoms with Crippen molar-refractivity contribution in [3.8, 4) is 5.75 Å². The van der Waals surface area contributed by atoms with Crippen LogP contribution in [-0.2, 0) is 4.79 Å². The zero-order valence-corrected chi connectivity index (χ0v) is 13.7. The van der Waals surface area contributed by atoms with Crippen LogP contribution < -0.4 is 15.4 Å². The molecular weight excluding hydrogens is 371 g/mol. The van der Waals surface area contributed by atoms with Gasteiger partial charge >= 0.3 is 0 Å². The Bertz CT molecular complexity index is 920. The summed E-state index contributed by atoms with van der Waals surface area (Å²) >= 11 is 0. The number of rotatable bonds is 6. The average molecular weight is 383 g/mol. The van der Waals surface area contributed by atoms with Gasteiger partial charge in [-0.1, -0.05) is 0 Å². The zero-order chi connectivity index (χ0) is 20.1. The molecule has 2 aromatic rings. The smallest absolute Gasteiger partial charge is 0.270 e. The lowest BCUT2D eigenvalue weighted by Gasteiger charge is -2.10. The van der Waals surface area contributed by atoms with Gasteiger partial charge in [-0.3, -0.25) is 19.7 Å². The van der Waals surface area contributed by atoms with Gasteiger partial charge in [-0.05, 0) is 18.2 Å². The molecule has 0 atom stereocenters. The number of anilines is 1. The maximum atomic E-state index is 13.5. The summed E-state index contributed by atoms with van der Waals surface area (Å²) < 4.78 is 44.4. The lowest BCUT2D eigenvalue weighted by atomic mass is 10.1. The molecule has 0 aromatic heterocycles. The van der Waals surface area contributed by atoms with Gasteiger partial charge in [0.15, 0.2) is 17.5 Å². The molecule has 0 fully saturated rings. The van der Waals surface area contributed by atoms with Gasteiger partial charge in [0, 0.05) is 12.1 Å². The molecule has 2 aromatic carbocycles. The van der Waals surface area contributed by atoms with Gasteiger partial charge in [-0.15, -0.1) is 0 Å². The average Bonchev–Trinajstić information content (AvgIpc) is 2.65. The number of nitro groups is 1. The minimum Gasteiger partial charge on any atom is -0.496 e. The van der Waals surface area contributed by atoms with E-state index in [1.807, 2.05) is 5.32 Å². The molecule has 0 aliphatic rings. The summed E-state index contributed by atoms with van der Waals surface area (Å²) in [6.07, 6.45) is 0. The van der Waals surface area contributed by atoms with E-state index in [2.05, 4.69) is 5.32 Å². The lowest BCUT2D eigenvalue weighted by molar-refractivity contribution is -0.384. The highest BCUT2D eigenvalue weighted by Crippen LogP contribution is 2.24. The molecule has 0 radical (unpaired) electrons. The third-order valence-corrected chi connectivity index (χ3v) is 3.36. The molecule has 0 bridgehead atoms. The molecule has 11 heteroatoms. The van der Waals surface area contributed by atoms with Crippen LogP contribution in [0, 0.1) is 27.6 Å². The SMILES string of the molecule is COc1ccc([N+](=O)[O-])cc1C(=O)NCC(=O)Nc1ccc(F)c(F)c1F. The van der Waals surface area contributed by atoms with Crippen LogP contribution >= 0.6 is 0 Å². The number of ether oxygens (including phenoxy) is 1. The summed E-state index contributed by atoms with van der Waals surface area (Å²) in [5.74, 6) is -6.52. The third kappa shape index (κ3) is 4.51. The van der Waals surface area contributed by atoms with Crippen LogP contribution in [0.4, 0.5) is 24.5 Å². The van der Waals surface area contributed by atoms with Crippen molar-refractivity contribution >= 4 is 23.2 Å². The number of non-ortho nitro benzene ring substituents is 1. The van der Waals surface area contributed by atoms with Crippen LogP contribution in [0.3, 0.4) is 0 Å². The molecule has 0 spiro atoms. The number of carbonyl (C=O) groups is 2. The fraction of sp³-hybridized carbons (Fsp3) is 0.125. The molecular formula is C16H12F3N3O5. The van der Waals surface area contributed by atoms with Crippen LogP contribution in [0.1, 0.15) is 10.4 Å². The molecule has 2 N–H and O–H groups in total. The Morgan fingerprint density at radius 2 is 1.85 bits per heavy atom. The van der Waals surface area contributed by atoms with Gasteiger partial charge in [-0.25, -0.2) is 13.2 Å². The van der Waals surface area contributed by atoms with Crippen molar-refractivity contribution in [1.82, 2.24) is 5.32 Å². The largest absolute Gasteiger partial charge is 0.496 e. The second-order valence-corrected chi connectivity index (χ2v) is 5.10. The minimum atomic E-state index is -1.75. The second kappa shape index (κ2) is 8.17. The van der Waals surface area contributed by atoms with Crippen LogP contribution in [0.15, 0.2) is 30.3 Å². The fourth-order valence-electron chi connectivity index (χ4n) is 2.06. The summed E-state index contributed by atoms with van der Waals surface area (Å²) in [4.78, 5) is 34.0. The number of hydrogen-bond acceptors (Lipinski definition) is 5. The summed E-state index contributed by atoms with van der Waals surface area (Å²) in [5, 5.41) is 14.9. The van der Waals surface area contributed by atoms with Gasteiger partial charge < -0.3 is 15.4 Å². The van der Waals surface area contributed by atoms with Gasteiger partial charge in [0.05, 0.1) is 29.8 Å². The van der Waals surface area contributed by atoms with Gasteiger partial charge in [0.1, 0.15) is 5.75 Å². The number of halogens is 3. The van der Waals surface area contributed by atoms with Crippen molar-refractivity contribution in [2.75, 3.05) is 19.0 Å². The topological polar surface area (TPSA) is 111 Å². The van der Waals surface area contributed by atoms with E-state index in [4.69, 9.17) is 4.74 Å². The van der Waals surface area contributed by atoms with E-state index < -0.39 is 46.4 Å². The number of amides is 2. The third-order valence-electron chi connectivity index (χ3n) is 3.36. The maximum Gasteiger partial charge on any atom is 0.270 e. The van der Waals surface area contributed by atoms with Gasteiger partial charge in [0.25, 0.3) is 11.6 Å². The van der Waals surface area contributed by atoms with E-state index in [-0.39, 0.29) is 17.0 Å². The van der Waals surface area contributed by atoms with Crippen molar-refractivity contribution < 1.29 is 32.4 Å². The Hall–Kier alpha value is -3.63. The Morgan fingerprint density at radius 3 is 2.48 bits per heavy atom. The molecule has 2 rings (SSSR count). The van der Waals surface area contributed by atoms with Crippen molar-refractivity contribution in [3.05, 3.63) is 63.5 Å². The van der Waals surface area contributed by atoms with E-state index in [1.165, 1.54) is 13.2 Å². The number of nitrogens with zero attached hydrogens (tertiary/aromatic N) is 1. The molecule has 0 unspecified atom stereocenters. The fourth-order valence-corrected chi connectivity index (χ4v) is 2.06. The van der Waals surface area contributed by atoms with Crippen LogP contribution in [0.25, 0.3) is 0 Å². The number of methoxy groups -OCH3 is 1. The van der Waals surface area contributed by atoms with Crippen LogP contribution in [0.5, 0.6) is 5.75 Å². The van der Waals surface area contributed by atoms with E-state index in [0.29, 0.717) is 6.07 Å². The summed E-state index contributed by atoms with van der Waals surface area (Å²) in [5.41, 5.74) is -1.17. The van der Waals surface area contributed by atoms with Crippen molar-refractivity contribution in [3.63, 3.8) is 0 Å². The molecule has 0 saturated carbocycles. The predicted molar refractivity (Wildman–Crippen MR) is 86.9 cm³/mol. The Balaban J connectivity index is 2.07. The first kappa shape index (κ1) is 19.7. The number of hydrogen-bond donors (Lipinski definition) is 2. The van der Waals surface area contributed by atoms with Gasteiger partial charge in [-0.2, -0.15) is 0 Å². The molecule has 0 aliphatic carbocycles. The summed E-state index contributed by atoms with van der Waals surface area (Å²) in [7, 11) is 1.25. The minimum absolute atomic E-state index is 0.0326. The van der Waals surface area contributed by atoms with Crippen molar-refractivity contribution in [2.45, 2.75) is 0 Å². The van der Waals surface area contributed by atoms with Crippen LogP contribution in [-0.4, -0.2) is 30.4 Å². The quantitative estimate of drug-likeness (QED) is 0.452. The highest BCUT2D eigenvalue weighted by molar-refractivity contribution is 6.01. The maximum absolute atomic E-state index is 13.5. The standard InChI is InChI=1S/C16H12F3N3O5/c1-27-12-5-2-8(22(25)26)6-9(12)16(24)20-7-13(23)21-11-4-3-10(17)14(18)15(11)19/h2-6H,7H2,1H3,(H,20,24)(H,21,23). The lowest BCUT2D eigenvalue weighted by Crippen LogP contribution is -2.33. The Morgan fingerprint density at radius 1 is 1.15 bits per heavy atom. The summed E-state index contributed by atoms with van der Waals surface area (Å²) in [6.45, 7) is -0.664. The Labute approximate surface area is 150 Å². The van der Waals surface area contributed by atoms with E-state index in [9.17, 15) is 32.9 Å². The molecule has 142 valence electrons. The first-order valence-corrected chi connectivity index (χ1v) is 7.28. The monoisotopic (exact) mass is 383 g/mol. The second-order valence-electron chi connectivity index (χ2n) is 5.10. The number of nitro benzene ring substituents is 1. The Kier molecular flexibility index (Phi) is 5.96. The van der Waals surface area contributed by atoms with E-state index in [1.54, 1.807) is 0 Å². The number of nitrogens with one attached hydrogen (secondary N) is 2. The highest BCUT2D eigenvalue weighted by atomic mass is 19.2. The molecule has 0 saturated heterocycles. The number of carbonyl (C=O) groups excluding carboxylic acids is 2. The highest BCUT2D eigenvalue weighted by Gasteiger charge is 2.19. The van der Waals surface area contributed by atoms with Crippen molar-refractivity contribution in [2.24, 2.45) is 0 Å². The zero-order valence-electron chi connectivity index (χ0n) is 13.7. The van der Waals surface area contributed by atoms with E-state index in [0.717, 1.165) is 18.2 Å². The predicted octanol–water partition coefficient (Wildman–Crippen LogP) is 2.39. The number of benzene rings is 2. The van der Waals surface area contributed by atoms with Gasteiger partial charge in [0.2, 0.25) is 5.91 Å². The molecule has 0 heterocycles. The first-order valence-electron chi connectivity index (χ1n) is 7.28. The molecule has 27 heavy (non-hydrogen) atoms. The van der Waals surface area contributed by atoms with Crippen LogP contribution in [0.2, 0.25) is 0 Å². The molecule has 2 amide bonds. The summed E-state index contributed by atoms with van der Waals surface area (Å²) in [6, 6.07) is 4.75. The molecule has 8 nitrogen and oxygen atoms in total. The van der Waals surface area contributed by atoms with Crippen molar-refractivity contribution in [1.29, 1.82) is 0 Å². The van der Waals surface area contributed by atoms with E-state index >= 15 is 0 Å². The first-order chi connectivity index (χ1) is 12.7. The normalized spacial score (nSPS) is 10.2. The molecule has 0 aliphatic heterocycles.